The molecule has 0 atom stereocenters. The molecule has 3 heteroatoms. The third-order valence-electron chi connectivity index (χ3n) is 8.71. The first-order valence-electron chi connectivity index (χ1n) is 14.9. The van der Waals surface area contributed by atoms with Gasteiger partial charge in [-0.15, -0.1) is 0 Å². The molecule has 0 N–H and O–H groups in total. The highest BCUT2D eigenvalue weighted by molar-refractivity contribution is 6.25. The lowest BCUT2D eigenvalue weighted by atomic mass is 9.94. The molecule has 0 fully saturated rings. The average molecular weight is 563 g/mol. The summed E-state index contributed by atoms with van der Waals surface area (Å²) in [6.45, 7) is 0. The van der Waals surface area contributed by atoms with Gasteiger partial charge in [0.25, 0.3) is 0 Å². The maximum Gasteiger partial charge on any atom is 0.153 e. The standard InChI is InChI=1S/C41H26N2O/c1-2-9-27(10-3-1)28-11-8-12-29(23-28)43(31-18-20-40-39(25-31)37-21-22-42-26-41(37)44-40)30-17-19-36-34-15-5-4-13-32(34)33-14-6-7-16-35(33)38(36)24-30/h1-26H. The van der Waals surface area contributed by atoms with Gasteiger partial charge in [0.1, 0.15) is 5.58 Å². The minimum atomic E-state index is 0.793. The molecule has 3 nitrogen and oxygen atoms in total. The lowest BCUT2D eigenvalue weighted by Crippen LogP contribution is -2.10. The number of aromatic nitrogens is 1. The first-order chi connectivity index (χ1) is 21.8. The third kappa shape index (κ3) is 3.87. The van der Waals surface area contributed by atoms with E-state index in [9.17, 15) is 0 Å². The Balaban J connectivity index is 1.32. The summed E-state index contributed by atoms with van der Waals surface area (Å²) in [6.07, 6.45) is 3.61. The van der Waals surface area contributed by atoms with Gasteiger partial charge in [0, 0.05) is 34.0 Å². The van der Waals surface area contributed by atoms with Crippen LogP contribution < -0.4 is 4.90 Å². The first-order valence-corrected chi connectivity index (χ1v) is 14.9. The van der Waals surface area contributed by atoms with Crippen LogP contribution in [0.4, 0.5) is 17.1 Å². The number of fused-ring (bicyclic) bond motifs is 9. The second-order valence-electron chi connectivity index (χ2n) is 11.2. The van der Waals surface area contributed by atoms with Gasteiger partial charge in [-0.25, -0.2) is 0 Å². The van der Waals surface area contributed by atoms with E-state index in [0.717, 1.165) is 39.0 Å². The van der Waals surface area contributed by atoms with Gasteiger partial charge in [-0.05, 0) is 92.0 Å². The van der Waals surface area contributed by atoms with E-state index in [-0.39, 0.29) is 0 Å². The smallest absolute Gasteiger partial charge is 0.153 e. The Morgan fingerprint density at radius 3 is 1.73 bits per heavy atom. The summed E-state index contributed by atoms with van der Waals surface area (Å²) in [7, 11) is 0. The maximum atomic E-state index is 6.14. The van der Waals surface area contributed by atoms with Gasteiger partial charge < -0.3 is 9.32 Å². The summed E-state index contributed by atoms with van der Waals surface area (Å²) in [5.74, 6) is 0. The second kappa shape index (κ2) is 9.82. The number of anilines is 3. The third-order valence-corrected chi connectivity index (χ3v) is 8.71. The molecule has 0 aliphatic carbocycles. The van der Waals surface area contributed by atoms with E-state index in [1.165, 1.54) is 43.4 Å². The topological polar surface area (TPSA) is 29.3 Å². The molecule has 44 heavy (non-hydrogen) atoms. The molecule has 9 aromatic rings. The van der Waals surface area contributed by atoms with Crippen molar-refractivity contribution in [2.75, 3.05) is 4.90 Å². The second-order valence-corrected chi connectivity index (χ2v) is 11.2. The van der Waals surface area contributed by atoms with Crippen LogP contribution in [-0.2, 0) is 0 Å². The zero-order valence-electron chi connectivity index (χ0n) is 23.8. The van der Waals surface area contributed by atoms with Crippen LogP contribution in [0.5, 0.6) is 0 Å². The number of benzene rings is 7. The normalized spacial score (nSPS) is 11.6. The Bertz CT molecular complexity index is 2480. The van der Waals surface area contributed by atoms with E-state index in [4.69, 9.17) is 4.42 Å². The van der Waals surface area contributed by atoms with Crippen LogP contribution in [0.1, 0.15) is 0 Å². The van der Waals surface area contributed by atoms with Gasteiger partial charge in [0.15, 0.2) is 5.58 Å². The average Bonchev–Trinajstić information content (AvgIpc) is 3.47. The number of rotatable bonds is 4. The van der Waals surface area contributed by atoms with E-state index in [1.54, 1.807) is 6.20 Å². The van der Waals surface area contributed by atoms with Crippen molar-refractivity contribution in [1.29, 1.82) is 0 Å². The molecule has 206 valence electrons. The van der Waals surface area contributed by atoms with Crippen molar-refractivity contribution in [3.63, 3.8) is 0 Å². The summed E-state index contributed by atoms with van der Waals surface area (Å²) in [5.41, 5.74) is 7.25. The van der Waals surface area contributed by atoms with Gasteiger partial charge in [-0.3, -0.25) is 4.98 Å². The minimum absolute atomic E-state index is 0.793. The Morgan fingerprint density at radius 1 is 0.386 bits per heavy atom. The van der Waals surface area contributed by atoms with Crippen LogP contribution in [-0.4, -0.2) is 4.98 Å². The minimum Gasteiger partial charge on any atom is -0.454 e. The molecule has 7 aromatic carbocycles. The molecule has 0 amide bonds. The summed E-state index contributed by atoms with van der Waals surface area (Å²) in [4.78, 5) is 6.63. The van der Waals surface area contributed by atoms with Crippen LogP contribution >= 0.6 is 0 Å². The molecule has 2 aromatic heterocycles. The fourth-order valence-corrected chi connectivity index (χ4v) is 6.70. The van der Waals surface area contributed by atoms with Crippen molar-refractivity contribution in [1.82, 2.24) is 4.98 Å². The summed E-state index contributed by atoms with van der Waals surface area (Å²) < 4.78 is 6.14. The SMILES string of the molecule is c1ccc(-c2cccc(N(c3ccc4oc5cnccc5c4c3)c3ccc4c5ccccc5c5ccccc5c4c3)c2)cc1. The summed E-state index contributed by atoms with van der Waals surface area (Å²) in [6, 6.07) is 52.2. The van der Waals surface area contributed by atoms with E-state index in [1.807, 2.05) is 12.3 Å². The number of furan rings is 1. The van der Waals surface area contributed by atoms with Crippen molar-refractivity contribution >= 4 is 71.3 Å². The lowest BCUT2D eigenvalue weighted by molar-refractivity contribution is 0.667. The highest BCUT2D eigenvalue weighted by atomic mass is 16.3. The van der Waals surface area contributed by atoms with Crippen LogP contribution in [0, 0.1) is 0 Å². The molecule has 0 bridgehead atoms. The van der Waals surface area contributed by atoms with Gasteiger partial charge in [0.05, 0.1) is 6.20 Å². The zero-order valence-corrected chi connectivity index (χ0v) is 23.8. The fourth-order valence-electron chi connectivity index (χ4n) is 6.70. The number of hydrogen-bond acceptors (Lipinski definition) is 3. The van der Waals surface area contributed by atoms with Gasteiger partial charge in [0.2, 0.25) is 0 Å². The maximum absolute atomic E-state index is 6.14. The van der Waals surface area contributed by atoms with Crippen molar-refractivity contribution in [2.24, 2.45) is 0 Å². The van der Waals surface area contributed by atoms with Gasteiger partial charge >= 0.3 is 0 Å². The molecule has 0 aliphatic heterocycles. The molecular formula is C41H26N2O. The van der Waals surface area contributed by atoms with Gasteiger partial charge in [-0.2, -0.15) is 0 Å². The van der Waals surface area contributed by atoms with E-state index in [2.05, 4.69) is 149 Å². The van der Waals surface area contributed by atoms with E-state index < -0.39 is 0 Å². The molecule has 0 spiro atoms. The van der Waals surface area contributed by atoms with Crippen LogP contribution in [0.15, 0.2) is 162 Å². The number of nitrogens with zero attached hydrogens (tertiary/aromatic N) is 2. The highest BCUT2D eigenvalue weighted by Gasteiger charge is 2.18. The van der Waals surface area contributed by atoms with Crippen LogP contribution in [0.3, 0.4) is 0 Å². The van der Waals surface area contributed by atoms with Crippen molar-refractivity contribution in [3.8, 4) is 11.1 Å². The van der Waals surface area contributed by atoms with E-state index in [0.29, 0.717) is 0 Å². The molecule has 0 radical (unpaired) electrons. The van der Waals surface area contributed by atoms with Crippen molar-refractivity contribution in [2.45, 2.75) is 0 Å². The van der Waals surface area contributed by atoms with Crippen molar-refractivity contribution < 1.29 is 4.42 Å². The molecule has 0 aliphatic rings. The Hall–Kier alpha value is -5.93. The predicted molar refractivity (Wildman–Crippen MR) is 184 cm³/mol. The Morgan fingerprint density at radius 2 is 0.977 bits per heavy atom. The van der Waals surface area contributed by atoms with Crippen LogP contribution in [0.2, 0.25) is 0 Å². The van der Waals surface area contributed by atoms with E-state index >= 15 is 0 Å². The Kier molecular flexibility index (Phi) is 5.50. The predicted octanol–water partition coefficient (Wildman–Crippen LogP) is 11.6. The summed E-state index contributed by atoms with van der Waals surface area (Å²) >= 11 is 0. The number of hydrogen-bond donors (Lipinski definition) is 0. The molecular weight excluding hydrogens is 536 g/mol. The largest absolute Gasteiger partial charge is 0.454 e. The Labute approximate surface area is 254 Å². The zero-order chi connectivity index (χ0) is 29.0. The first kappa shape index (κ1) is 24.6. The molecule has 9 rings (SSSR count). The number of pyridine rings is 1. The lowest BCUT2D eigenvalue weighted by Gasteiger charge is -2.27. The molecule has 2 heterocycles. The fraction of sp³-hybridized carbons (Fsp3) is 0. The quantitative estimate of drug-likeness (QED) is 0.200. The van der Waals surface area contributed by atoms with Crippen molar-refractivity contribution in [3.05, 3.63) is 158 Å². The summed E-state index contributed by atoms with van der Waals surface area (Å²) in [5, 5.41) is 9.70. The van der Waals surface area contributed by atoms with Gasteiger partial charge in [-0.1, -0.05) is 97.1 Å². The highest BCUT2D eigenvalue weighted by Crippen LogP contribution is 2.43. The molecule has 0 saturated heterocycles. The molecule has 0 saturated carbocycles. The monoisotopic (exact) mass is 562 g/mol. The molecule has 0 unspecified atom stereocenters. The van der Waals surface area contributed by atoms with Crippen LogP contribution in [0.25, 0.3) is 65.4 Å².